The molecule has 1 atom stereocenters. The summed E-state index contributed by atoms with van der Waals surface area (Å²) in [6.45, 7) is 6.57. The standard InChI is InChI=1S/C12H19N3S/c1-8(2)9(3)15(4)11-7-14-6-5-10(11)12(13)16/h5-9H,1-4H3,(H2,13,16). The molecule has 0 bridgehead atoms. The lowest BCUT2D eigenvalue weighted by atomic mass is 10.0. The molecule has 4 heteroatoms. The van der Waals surface area contributed by atoms with E-state index in [0.29, 0.717) is 16.9 Å². The molecular formula is C12H19N3S. The molecule has 0 saturated heterocycles. The molecule has 1 unspecified atom stereocenters. The summed E-state index contributed by atoms with van der Waals surface area (Å²) in [6.07, 6.45) is 3.53. The van der Waals surface area contributed by atoms with E-state index in [-0.39, 0.29) is 0 Å². The van der Waals surface area contributed by atoms with Gasteiger partial charge in [-0.25, -0.2) is 0 Å². The Morgan fingerprint density at radius 3 is 2.56 bits per heavy atom. The lowest BCUT2D eigenvalue weighted by Gasteiger charge is -2.31. The number of pyridine rings is 1. The zero-order chi connectivity index (χ0) is 12.3. The number of thiocarbonyl (C=S) groups is 1. The zero-order valence-electron chi connectivity index (χ0n) is 10.3. The highest BCUT2D eigenvalue weighted by Crippen LogP contribution is 2.22. The van der Waals surface area contributed by atoms with Gasteiger partial charge in [0.2, 0.25) is 0 Å². The highest BCUT2D eigenvalue weighted by atomic mass is 32.1. The van der Waals surface area contributed by atoms with Crippen molar-refractivity contribution in [2.45, 2.75) is 26.8 Å². The fourth-order valence-electron chi connectivity index (χ4n) is 1.54. The van der Waals surface area contributed by atoms with Gasteiger partial charge in [-0.3, -0.25) is 4.98 Å². The van der Waals surface area contributed by atoms with Gasteiger partial charge in [0.25, 0.3) is 0 Å². The van der Waals surface area contributed by atoms with Gasteiger partial charge >= 0.3 is 0 Å². The van der Waals surface area contributed by atoms with Gasteiger partial charge in [-0.1, -0.05) is 26.1 Å². The van der Waals surface area contributed by atoms with Crippen LogP contribution in [0.2, 0.25) is 0 Å². The second-order valence-electron chi connectivity index (χ2n) is 4.35. The Kier molecular flexibility index (Phi) is 4.24. The third kappa shape index (κ3) is 2.70. The maximum atomic E-state index is 5.71. The lowest BCUT2D eigenvalue weighted by molar-refractivity contribution is 0.505. The van der Waals surface area contributed by atoms with E-state index in [0.717, 1.165) is 11.3 Å². The van der Waals surface area contributed by atoms with Crippen molar-refractivity contribution in [3.63, 3.8) is 0 Å². The van der Waals surface area contributed by atoms with Crippen LogP contribution in [0, 0.1) is 5.92 Å². The maximum Gasteiger partial charge on any atom is 0.106 e. The van der Waals surface area contributed by atoms with Crippen molar-refractivity contribution in [3.8, 4) is 0 Å². The highest BCUT2D eigenvalue weighted by molar-refractivity contribution is 7.80. The number of anilines is 1. The molecule has 0 amide bonds. The Labute approximate surface area is 103 Å². The van der Waals surface area contributed by atoms with Gasteiger partial charge in [0, 0.05) is 24.8 Å². The Balaban J connectivity index is 3.08. The summed E-state index contributed by atoms with van der Waals surface area (Å²) in [5.74, 6) is 0.560. The Bertz CT molecular complexity index is 376. The minimum Gasteiger partial charge on any atom is -0.389 e. The minimum absolute atomic E-state index is 0.414. The van der Waals surface area contributed by atoms with E-state index < -0.39 is 0 Å². The molecule has 1 rings (SSSR count). The highest BCUT2D eigenvalue weighted by Gasteiger charge is 2.17. The van der Waals surface area contributed by atoms with E-state index in [2.05, 4.69) is 30.7 Å². The van der Waals surface area contributed by atoms with Crippen molar-refractivity contribution in [2.75, 3.05) is 11.9 Å². The van der Waals surface area contributed by atoms with E-state index in [9.17, 15) is 0 Å². The zero-order valence-corrected chi connectivity index (χ0v) is 11.1. The van der Waals surface area contributed by atoms with Crippen LogP contribution < -0.4 is 10.6 Å². The van der Waals surface area contributed by atoms with Crippen LogP contribution in [-0.4, -0.2) is 23.1 Å². The monoisotopic (exact) mass is 237 g/mol. The Morgan fingerprint density at radius 2 is 2.06 bits per heavy atom. The van der Waals surface area contributed by atoms with Crippen LogP contribution in [0.5, 0.6) is 0 Å². The quantitative estimate of drug-likeness (QED) is 0.815. The third-order valence-corrected chi connectivity index (χ3v) is 3.24. The van der Waals surface area contributed by atoms with Crippen LogP contribution in [0.15, 0.2) is 18.5 Å². The normalized spacial score (nSPS) is 12.6. The fraction of sp³-hybridized carbons (Fsp3) is 0.500. The smallest absolute Gasteiger partial charge is 0.106 e. The van der Waals surface area contributed by atoms with Crippen molar-refractivity contribution >= 4 is 22.9 Å². The molecule has 88 valence electrons. The lowest BCUT2D eigenvalue weighted by Crippen LogP contribution is -2.34. The molecule has 1 heterocycles. The molecule has 0 aliphatic heterocycles. The average Bonchev–Trinajstić information content (AvgIpc) is 2.26. The van der Waals surface area contributed by atoms with Crippen molar-refractivity contribution < 1.29 is 0 Å². The number of aromatic nitrogens is 1. The van der Waals surface area contributed by atoms with E-state index in [1.807, 2.05) is 19.3 Å². The first kappa shape index (κ1) is 12.9. The summed E-state index contributed by atoms with van der Waals surface area (Å²) < 4.78 is 0. The van der Waals surface area contributed by atoms with E-state index in [4.69, 9.17) is 18.0 Å². The van der Waals surface area contributed by atoms with Crippen LogP contribution in [0.1, 0.15) is 26.3 Å². The van der Waals surface area contributed by atoms with Crippen molar-refractivity contribution in [1.82, 2.24) is 4.98 Å². The van der Waals surface area contributed by atoms with E-state index in [1.54, 1.807) is 6.20 Å². The van der Waals surface area contributed by atoms with E-state index >= 15 is 0 Å². The minimum atomic E-state index is 0.414. The van der Waals surface area contributed by atoms with Gasteiger partial charge < -0.3 is 10.6 Å². The number of nitrogens with two attached hydrogens (primary N) is 1. The molecule has 3 nitrogen and oxygen atoms in total. The van der Waals surface area contributed by atoms with Gasteiger partial charge in [0.1, 0.15) is 4.99 Å². The molecule has 16 heavy (non-hydrogen) atoms. The summed E-state index contributed by atoms with van der Waals surface area (Å²) in [6, 6.07) is 2.28. The van der Waals surface area contributed by atoms with Gasteiger partial charge in [0.05, 0.1) is 11.9 Å². The Morgan fingerprint density at radius 1 is 1.44 bits per heavy atom. The van der Waals surface area contributed by atoms with Gasteiger partial charge in [-0.15, -0.1) is 0 Å². The second-order valence-corrected chi connectivity index (χ2v) is 4.79. The molecule has 2 N–H and O–H groups in total. The van der Waals surface area contributed by atoms with Gasteiger partial charge in [-0.2, -0.15) is 0 Å². The van der Waals surface area contributed by atoms with Gasteiger partial charge in [0.15, 0.2) is 0 Å². The predicted molar refractivity (Wildman–Crippen MR) is 72.8 cm³/mol. The van der Waals surface area contributed by atoms with Crippen LogP contribution in [-0.2, 0) is 0 Å². The predicted octanol–water partition coefficient (Wildman–Crippen LogP) is 2.20. The molecule has 0 fully saturated rings. The van der Waals surface area contributed by atoms with E-state index in [1.165, 1.54) is 0 Å². The summed E-state index contributed by atoms with van der Waals surface area (Å²) >= 11 is 5.04. The molecule has 1 aromatic rings. The van der Waals surface area contributed by atoms with Crippen molar-refractivity contribution in [1.29, 1.82) is 0 Å². The molecule has 0 saturated carbocycles. The number of rotatable bonds is 4. The van der Waals surface area contributed by atoms with Crippen molar-refractivity contribution in [3.05, 3.63) is 24.0 Å². The molecule has 0 aliphatic carbocycles. The second kappa shape index (κ2) is 5.25. The molecule has 1 aromatic heterocycles. The van der Waals surface area contributed by atoms with Crippen LogP contribution >= 0.6 is 12.2 Å². The van der Waals surface area contributed by atoms with Gasteiger partial charge in [-0.05, 0) is 18.9 Å². The number of hydrogen-bond acceptors (Lipinski definition) is 3. The maximum absolute atomic E-state index is 5.71. The fourth-order valence-corrected chi connectivity index (χ4v) is 1.71. The summed E-state index contributed by atoms with van der Waals surface area (Å²) in [5, 5.41) is 0. The van der Waals surface area contributed by atoms with Crippen LogP contribution in [0.25, 0.3) is 0 Å². The summed E-state index contributed by atoms with van der Waals surface area (Å²) in [5.41, 5.74) is 7.59. The first-order chi connectivity index (χ1) is 7.45. The molecule has 0 radical (unpaired) electrons. The topological polar surface area (TPSA) is 42.2 Å². The number of hydrogen-bond donors (Lipinski definition) is 1. The molecule has 0 spiro atoms. The molecule has 0 aliphatic rings. The molecular weight excluding hydrogens is 218 g/mol. The Hall–Kier alpha value is -1.16. The summed E-state index contributed by atoms with van der Waals surface area (Å²) in [7, 11) is 2.05. The SMILES string of the molecule is CC(C)C(C)N(C)c1cnccc1C(N)=S. The largest absolute Gasteiger partial charge is 0.389 e. The summed E-state index contributed by atoms with van der Waals surface area (Å²) in [4.78, 5) is 6.72. The number of nitrogens with zero attached hydrogens (tertiary/aromatic N) is 2. The first-order valence-corrected chi connectivity index (χ1v) is 5.82. The average molecular weight is 237 g/mol. The van der Waals surface area contributed by atoms with Crippen LogP contribution in [0.4, 0.5) is 5.69 Å². The van der Waals surface area contributed by atoms with Crippen LogP contribution in [0.3, 0.4) is 0 Å². The first-order valence-electron chi connectivity index (χ1n) is 5.41. The van der Waals surface area contributed by atoms with Crippen molar-refractivity contribution in [2.24, 2.45) is 11.7 Å². The third-order valence-electron chi connectivity index (χ3n) is 3.02. The molecule has 0 aromatic carbocycles.